The summed E-state index contributed by atoms with van der Waals surface area (Å²) in [5.41, 5.74) is -0.273. The smallest absolute Gasteiger partial charge is 0.334 e. The number of rotatable bonds is 3. The van der Waals surface area contributed by atoms with Crippen molar-refractivity contribution in [2.45, 2.75) is 6.42 Å². The largest absolute Gasteiger partial charge is 0.478 e. The van der Waals surface area contributed by atoms with Crippen LogP contribution in [0.5, 0.6) is 0 Å². The van der Waals surface area contributed by atoms with Gasteiger partial charge in [0.1, 0.15) is 0 Å². The molecule has 0 amide bonds. The lowest BCUT2D eigenvalue weighted by molar-refractivity contribution is -0.132. The van der Waals surface area contributed by atoms with E-state index in [1.54, 1.807) is 0 Å². The Hall–Kier alpha value is -1.12. The second-order valence-electron chi connectivity index (χ2n) is 1.43. The first-order valence-corrected chi connectivity index (χ1v) is 2.35. The molecule has 0 aromatic carbocycles. The van der Waals surface area contributed by atoms with Crippen molar-refractivity contribution in [1.82, 2.24) is 0 Å². The van der Waals surface area contributed by atoms with Crippen LogP contribution in [-0.4, -0.2) is 11.1 Å². The van der Waals surface area contributed by atoms with E-state index in [-0.39, 0.29) is 18.3 Å². The average Bonchev–Trinajstić information content (AvgIpc) is 1.82. The predicted molar refractivity (Wildman–Crippen MR) is 31.6 cm³/mol. The molecule has 0 bridgehead atoms. The van der Waals surface area contributed by atoms with Crippen molar-refractivity contribution in [3.8, 4) is 0 Å². The van der Waals surface area contributed by atoms with Gasteiger partial charge in [-0.1, -0.05) is 6.08 Å². The maximum absolute atomic E-state index is 11.5. The van der Waals surface area contributed by atoms with Crippen LogP contribution in [0.1, 0.15) is 6.42 Å². The van der Waals surface area contributed by atoms with Gasteiger partial charge in [-0.15, -0.1) is 6.58 Å². The lowest BCUT2D eigenvalue weighted by Crippen LogP contribution is -1.97. The van der Waals surface area contributed by atoms with Gasteiger partial charge in [-0.3, -0.25) is 0 Å². The first-order chi connectivity index (χ1) is 4.22. The third-order valence-electron chi connectivity index (χ3n) is 0.771. The Labute approximate surface area is 52.3 Å². The van der Waals surface area contributed by atoms with E-state index in [0.29, 0.717) is 0 Å². The maximum Gasteiger partial charge on any atom is 0.334 e. The molecule has 2 nitrogen and oxygen atoms in total. The van der Waals surface area contributed by atoms with Gasteiger partial charge in [0.15, 0.2) is 0 Å². The van der Waals surface area contributed by atoms with Crippen LogP contribution in [0.25, 0.3) is 0 Å². The third-order valence-corrected chi connectivity index (χ3v) is 0.771. The zero-order valence-electron chi connectivity index (χ0n) is 4.80. The fourth-order valence-electron chi connectivity index (χ4n) is 0.334. The number of aliphatic carboxylic acids is 1. The Morgan fingerprint density at radius 3 is 2.44 bits per heavy atom. The SMILES string of the molecule is C=CCC(=CF)C(=O)O. The van der Waals surface area contributed by atoms with Gasteiger partial charge in [0.25, 0.3) is 0 Å². The minimum absolute atomic E-state index is 0.0613. The van der Waals surface area contributed by atoms with Crippen molar-refractivity contribution in [2.24, 2.45) is 0 Å². The van der Waals surface area contributed by atoms with E-state index in [1.165, 1.54) is 6.08 Å². The molecule has 1 N–H and O–H groups in total. The topological polar surface area (TPSA) is 37.3 Å². The summed E-state index contributed by atoms with van der Waals surface area (Å²) in [7, 11) is 0. The highest BCUT2D eigenvalue weighted by molar-refractivity contribution is 5.86. The van der Waals surface area contributed by atoms with Crippen molar-refractivity contribution in [3.63, 3.8) is 0 Å². The summed E-state index contributed by atoms with van der Waals surface area (Å²) < 4.78 is 11.5. The molecule has 0 aromatic rings. The molecule has 3 heteroatoms. The number of hydrogen-bond donors (Lipinski definition) is 1. The highest BCUT2D eigenvalue weighted by Gasteiger charge is 2.02. The van der Waals surface area contributed by atoms with Crippen LogP contribution in [0.3, 0.4) is 0 Å². The molecule has 0 aliphatic rings. The first-order valence-electron chi connectivity index (χ1n) is 2.35. The van der Waals surface area contributed by atoms with Crippen molar-refractivity contribution in [3.05, 3.63) is 24.6 Å². The summed E-state index contributed by atoms with van der Waals surface area (Å²) in [5.74, 6) is -1.24. The van der Waals surface area contributed by atoms with Crippen molar-refractivity contribution in [1.29, 1.82) is 0 Å². The molecule has 0 aromatic heterocycles. The van der Waals surface area contributed by atoms with Gasteiger partial charge in [-0.05, 0) is 6.42 Å². The molecule has 0 radical (unpaired) electrons. The number of carbonyl (C=O) groups is 1. The maximum atomic E-state index is 11.5. The van der Waals surface area contributed by atoms with Gasteiger partial charge in [0, 0.05) is 0 Å². The molecule has 0 aliphatic heterocycles. The first kappa shape index (κ1) is 7.88. The Bertz CT molecular complexity index is 149. The molecule has 0 rings (SSSR count). The van der Waals surface area contributed by atoms with Crippen LogP contribution < -0.4 is 0 Å². The number of allylic oxidation sites excluding steroid dienone is 1. The predicted octanol–water partition coefficient (Wildman–Crippen LogP) is 1.50. The summed E-state index contributed by atoms with van der Waals surface area (Å²) in [5, 5.41) is 8.15. The molecule has 0 aliphatic carbocycles. The van der Waals surface area contributed by atoms with E-state index in [2.05, 4.69) is 6.58 Å². The number of carboxylic acid groups (broad SMARTS) is 1. The standard InChI is InChI=1S/C6H7FO2/c1-2-3-5(4-7)6(8)9/h2,4H,1,3H2,(H,8,9). The summed E-state index contributed by atoms with van der Waals surface area (Å²) in [6, 6.07) is 0. The molecule has 0 atom stereocenters. The summed E-state index contributed by atoms with van der Waals surface area (Å²) in [6.45, 7) is 3.26. The normalized spacial score (nSPS) is 11.0. The Kier molecular flexibility index (Phi) is 3.35. The summed E-state index contributed by atoms with van der Waals surface area (Å²) in [4.78, 5) is 9.96. The fourth-order valence-corrected chi connectivity index (χ4v) is 0.334. The van der Waals surface area contributed by atoms with Gasteiger partial charge in [-0.25, -0.2) is 9.18 Å². The van der Waals surface area contributed by atoms with E-state index in [4.69, 9.17) is 5.11 Å². The Balaban J connectivity index is 4.00. The van der Waals surface area contributed by atoms with Crippen molar-refractivity contribution in [2.75, 3.05) is 0 Å². The van der Waals surface area contributed by atoms with E-state index < -0.39 is 5.97 Å². The lowest BCUT2D eigenvalue weighted by atomic mass is 10.2. The zero-order chi connectivity index (χ0) is 7.28. The molecule has 0 heterocycles. The molecule has 0 saturated heterocycles. The number of halogens is 1. The summed E-state index contributed by atoms with van der Waals surface area (Å²) >= 11 is 0. The minimum atomic E-state index is -1.24. The zero-order valence-corrected chi connectivity index (χ0v) is 4.80. The van der Waals surface area contributed by atoms with E-state index >= 15 is 0 Å². The van der Waals surface area contributed by atoms with Gasteiger partial charge in [0.2, 0.25) is 0 Å². The third kappa shape index (κ3) is 2.64. The molecule has 0 fully saturated rings. The molecular weight excluding hydrogens is 123 g/mol. The van der Waals surface area contributed by atoms with Crippen molar-refractivity contribution < 1.29 is 14.3 Å². The van der Waals surface area contributed by atoms with E-state index in [1.807, 2.05) is 0 Å². The number of carboxylic acids is 1. The highest BCUT2D eigenvalue weighted by Crippen LogP contribution is 2.01. The van der Waals surface area contributed by atoms with Crippen LogP contribution in [0.4, 0.5) is 4.39 Å². The van der Waals surface area contributed by atoms with Gasteiger partial charge >= 0.3 is 5.97 Å². The molecule has 0 saturated carbocycles. The fraction of sp³-hybridized carbons (Fsp3) is 0.167. The molecule has 0 unspecified atom stereocenters. The quantitative estimate of drug-likeness (QED) is 0.464. The van der Waals surface area contributed by atoms with Crippen LogP contribution in [0.2, 0.25) is 0 Å². The molecule has 9 heavy (non-hydrogen) atoms. The van der Waals surface area contributed by atoms with Gasteiger partial charge < -0.3 is 5.11 Å². The Morgan fingerprint density at radius 1 is 1.78 bits per heavy atom. The summed E-state index contributed by atoms with van der Waals surface area (Å²) in [6.07, 6.45) is 1.47. The average molecular weight is 130 g/mol. The molecule has 50 valence electrons. The Morgan fingerprint density at radius 2 is 2.33 bits per heavy atom. The van der Waals surface area contributed by atoms with Crippen LogP contribution in [-0.2, 0) is 4.79 Å². The second-order valence-corrected chi connectivity index (χ2v) is 1.43. The second kappa shape index (κ2) is 3.83. The van der Waals surface area contributed by atoms with Gasteiger partial charge in [-0.2, -0.15) is 0 Å². The van der Waals surface area contributed by atoms with Crippen LogP contribution in [0.15, 0.2) is 24.6 Å². The van der Waals surface area contributed by atoms with Crippen LogP contribution >= 0.6 is 0 Å². The molecular formula is C6H7FO2. The highest BCUT2D eigenvalue weighted by atomic mass is 19.1. The van der Waals surface area contributed by atoms with Gasteiger partial charge in [0.05, 0.1) is 11.9 Å². The van der Waals surface area contributed by atoms with E-state index in [0.717, 1.165) is 0 Å². The minimum Gasteiger partial charge on any atom is -0.478 e. The van der Waals surface area contributed by atoms with Crippen LogP contribution in [0, 0.1) is 0 Å². The van der Waals surface area contributed by atoms with E-state index in [9.17, 15) is 9.18 Å². The lowest BCUT2D eigenvalue weighted by Gasteiger charge is -1.90. The molecule has 0 spiro atoms. The van der Waals surface area contributed by atoms with Crippen molar-refractivity contribution >= 4 is 5.97 Å². The monoisotopic (exact) mass is 130 g/mol. The number of hydrogen-bond acceptors (Lipinski definition) is 1.